The molecule has 3 aromatic heterocycles. The van der Waals surface area contributed by atoms with Gasteiger partial charge >= 0.3 is 0 Å². The van der Waals surface area contributed by atoms with Gasteiger partial charge in [-0.15, -0.1) is 0 Å². The Bertz CT molecular complexity index is 851. The normalized spacial score (nSPS) is 11.3. The zero-order valence-corrected chi connectivity index (χ0v) is 11.3. The van der Waals surface area contributed by atoms with Crippen molar-refractivity contribution in [1.82, 2.24) is 24.3 Å². The van der Waals surface area contributed by atoms with Crippen LogP contribution in [0.15, 0.2) is 55.0 Å². The summed E-state index contributed by atoms with van der Waals surface area (Å²) >= 11 is 0. The standard InChI is InChI=1S/C15H14N6/c16-9-11-10-17-21(14(11)20-7-3-4-8-20)15-18-12-5-1-2-6-13(12)19-15/h1-8,10H,9,16H2,(H,18,19). The number of nitrogens with one attached hydrogen (secondary N) is 1. The first-order chi connectivity index (χ1) is 10.4. The first-order valence-corrected chi connectivity index (χ1v) is 6.72. The SMILES string of the molecule is NCc1cnn(-c2nc3ccccc3[nH]2)c1-n1cccc1. The molecule has 0 atom stereocenters. The van der Waals surface area contributed by atoms with Gasteiger partial charge in [0.1, 0.15) is 5.82 Å². The Balaban J connectivity index is 1.94. The van der Waals surface area contributed by atoms with Crippen LogP contribution in [0.25, 0.3) is 22.8 Å². The molecule has 0 fully saturated rings. The number of aromatic nitrogens is 5. The van der Waals surface area contributed by atoms with Gasteiger partial charge in [0.25, 0.3) is 0 Å². The third kappa shape index (κ3) is 1.85. The number of para-hydroxylation sites is 2. The third-order valence-corrected chi connectivity index (χ3v) is 3.46. The van der Waals surface area contributed by atoms with E-state index in [9.17, 15) is 0 Å². The van der Waals surface area contributed by atoms with Crippen molar-refractivity contribution in [1.29, 1.82) is 0 Å². The summed E-state index contributed by atoms with van der Waals surface area (Å²) in [5.74, 6) is 1.58. The molecule has 0 amide bonds. The second-order valence-electron chi connectivity index (χ2n) is 4.78. The zero-order valence-electron chi connectivity index (χ0n) is 11.3. The van der Waals surface area contributed by atoms with Crippen LogP contribution < -0.4 is 5.73 Å². The van der Waals surface area contributed by atoms with Crippen molar-refractivity contribution >= 4 is 11.0 Å². The van der Waals surface area contributed by atoms with E-state index in [-0.39, 0.29) is 0 Å². The highest BCUT2D eigenvalue weighted by molar-refractivity contribution is 5.76. The van der Waals surface area contributed by atoms with E-state index in [0.29, 0.717) is 12.5 Å². The smallest absolute Gasteiger partial charge is 0.231 e. The number of nitrogens with two attached hydrogens (primary N) is 1. The number of rotatable bonds is 3. The van der Waals surface area contributed by atoms with Gasteiger partial charge in [0.05, 0.1) is 17.2 Å². The minimum Gasteiger partial charge on any atom is -0.326 e. The van der Waals surface area contributed by atoms with E-state index >= 15 is 0 Å². The second kappa shape index (κ2) is 4.60. The van der Waals surface area contributed by atoms with E-state index in [1.54, 1.807) is 10.9 Å². The number of hydrogen-bond donors (Lipinski definition) is 2. The summed E-state index contributed by atoms with van der Waals surface area (Å²) in [5, 5.41) is 4.43. The van der Waals surface area contributed by atoms with Gasteiger partial charge in [0.2, 0.25) is 5.95 Å². The predicted octanol–water partition coefficient (Wildman–Crippen LogP) is 2.00. The predicted molar refractivity (Wildman–Crippen MR) is 80.4 cm³/mol. The lowest BCUT2D eigenvalue weighted by Gasteiger charge is -2.07. The van der Waals surface area contributed by atoms with Crippen LogP contribution in [0.3, 0.4) is 0 Å². The van der Waals surface area contributed by atoms with E-state index < -0.39 is 0 Å². The average molecular weight is 278 g/mol. The topological polar surface area (TPSA) is 77.4 Å². The van der Waals surface area contributed by atoms with Crippen molar-refractivity contribution < 1.29 is 0 Å². The molecule has 4 rings (SSSR count). The van der Waals surface area contributed by atoms with Gasteiger partial charge in [-0.1, -0.05) is 12.1 Å². The summed E-state index contributed by atoms with van der Waals surface area (Å²) in [6.45, 7) is 0.424. The molecule has 3 heterocycles. The van der Waals surface area contributed by atoms with Crippen LogP contribution in [0, 0.1) is 0 Å². The molecule has 6 heteroatoms. The van der Waals surface area contributed by atoms with Crippen LogP contribution in [0.4, 0.5) is 0 Å². The maximum atomic E-state index is 5.83. The number of fused-ring (bicyclic) bond motifs is 1. The van der Waals surface area contributed by atoms with Crippen LogP contribution in [-0.2, 0) is 6.54 Å². The fourth-order valence-electron chi connectivity index (χ4n) is 2.47. The van der Waals surface area contributed by atoms with E-state index in [1.165, 1.54) is 0 Å². The fourth-order valence-corrected chi connectivity index (χ4v) is 2.47. The first kappa shape index (κ1) is 11.9. The quantitative estimate of drug-likeness (QED) is 0.601. The van der Waals surface area contributed by atoms with Gasteiger partial charge in [-0.25, -0.2) is 4.98 Å². The lowest BCUT2D eigenvalue weighted by molar-refractivity contribution is 0.782. The molecule has 0 bridgehead atoms. The molecule has 3 N–H and O–H groups in total. The summed E-state index contributed by atoms with van der Waals surface area (Å²) in [6.07, 6.45) is 5.72. The average Bonchev–Trinajstić information content (AvgIpc) is 3.23. The van der Waals surface area contributed by atoms with E-state index in [0.717, 1.165) is 22.4 Å². The Labute approximate surface area is 120 Å². The van der Waals surface area contributed by atoms with Crippen molar-refractivity contribution in [2.24, 2.45) is 5.73 Å². The Morgan fingerprint density at radius 3 is 2.67 bits per heavy atom. The number of hydrogen-bond acceptors (Lipinski definition) is 3. The third-order valence-electron chi connectivity index (χ3n) is 3.46. The monoisotopic (exact) mass is 278 g/mol. The van der Waals surface area contributed by atoms with Crippen molar-refractivity contribution in [2.75, 3.05) is 0 Å². The molecule has 0 unspecified atom stereocenters. The maximum absolute atomic E-state index is 5.83. The van der Waals surface area contributed by atoms with Crippen LogP contribution >= 0.6 is 0 Å². The number of imidazole rings is 1. The Morgan fingerprint density at radius 1 is 1.10 bits per heavy atom. The number of benzene rings is 1. The Morgan fingerprint density at radius 2 is 1.90 bits per heavy atom. The van der Waals surface area contributed by atoms with Gasteiger partial charge in [0.15, 0.2) is 0 Å². The highest BCUT2D eigenvalue weighted by Gasteiger charge is 2.15. The lowest BCUT2D eigenvalue weighted by atomic mass is 10.3. The molecule has 21 heavy (non-hydrogen) atoms. The Kier molecular flexibility index (Phi) is 2.61. The van der Waals surface area contributed by atoms with Gasteiger partial charge < -0.3 is 15.3 Å². The molecule has 0 radical (unpaired) electrons. The second-order valence-corrected chi connectivity index (χ2v) is 4.78. The summed E-state index contributed by atoms with van der Waals surface area (Å²) < 4.78 is 3.77. The largest absolute Gasteiger partial charge is 0.326 e. The van der Waals surface area contributed by atoms with Gasteiger partial charge in [0, 0.05) is 24.5 Å². The molecule has 6 nitrogen and oxygen atoms in total. The van der Waals surface area contributed by atoms with Crippen LogP contribution in [0.1, 0.15) is 5.56 Å². The molecule has 0 aliphatic carbocycles. The van der Waals surface area contributed by atoms with Crippen molar-refractivity contribution in [3.8, 4) is 11.8 Å². The van der Waals surface area contributed by atoms with Crippen molar-refractivity contribution in [2.45, 2.75) is 6.54 Å². The van der Waals surface area contributed by atoms with E-state index in [1.807, 2.05) is 53.4 Å². The molecule has 1 aromatic carbocycles. The molecule has 0 saturated heterocycles. The Hall–Kier alpha value is -2.86. The molecular weight excluding hydrogens is 264 g/mol. The molecular formula is C15H14N6. The number of aromatic amines is 1. The van der Waals surface area contributed by atoms with Gasteiger partial charge in [-0.2, -0.15) is 9.78 Å². The molecule has 0 saturated carbocycles. The van der Waals surface area contributed by atoms with Gasteiger partial charge in [-0.3, -0.25) is 0 Å². The fraction of sp³-hybridized carbons (Fsp3) is 0.0667. The molecule has 104 valence electrons. The zero-order chi connectivity index (χ0) is 14.2. The maximum Gasteiger partial charge on any atom is 0.231 e. The summed E-state index contributed by atoms with van der Waals surface area (Å²) in [6, 6.07) is 11.8. The lowest BCUT2D eigenvalue weighted by Crippen LogP contribution is -2.08. The summed E-state index contributed by atoms with van der Waals surface area (Å²) in [7, 11) is 0. The van der Waals surface area contributed by atoms with Crippen molar-refractivity contribution in [3.63, 3.8) is 0 Å². The molecule has 0 spiro atoms. The van der Waals surface area contributed by atoms with Gasteiger partial charge in [-0.05, 0) is 24.3 Å². The van der Waals surface area contributed by atoms with Crippen LogP contribution in [0.2, 0.25) is 0 Å². The minimum atomic E-state index is 0.424. The van der Waals surface area contributed by atoms with Crippen LogP contribution in [-0.4, -0.2) is 24.3 Å². The van der Waals surface area contributed by atoms with E-state index in [4.69, 9.17) is 5.73 Å². The van der Waals surface area contributed by atoms with Crippen LogP contribution in [0.5, 0.6) is 0 Å². The highest BCUT2D eigenvalue weighted by Crippen LogP contribution is 2.20. The molecule has 4 aromatic rings. The van der Waals surface area contributed by atoms with E-state index in [2.05, 4.69) is 15.1 Å². The highest BCUT2D eigenvalue weighted by atomic mass is 15.4. The molecule has 0 aliphatic rings. The number of nitrogens with zero attached hydrogens (tertiary/aromatic N) is 4. The summed E-state index contributed by atoms with van der Waals surface area (Å²) in [5.41, 5.74) is 8.69. The summed E-state index contributed by atoms with van der Waals surface area (Å²) in [4.78, 5) is 7.88. The minimum absolute atomic E-state index is 0.424. The number of H-pyrrole nitrogens is 1. The first-order valence-electron chi connectivity index (χ1n) is 6.72. The molecule has 0 aliphatic heterocycles. The van der Waals surface area contributed by atoms with Crippen molar-refractivity contribution in [3.05, 3.63) is 60.6 Å².